The van der Waals surface area contributed by atoms with Crippen LogP contribution in [0.15, 0.2) is 72.3 Å². The van der Waals surface area contributed by atoms with Gasteiger partial charge < -0.3 is 10.1 Å². The molecule has 0 spiro atoms. The van der Waals surface area contributed by atoms with Crippen molar-refractivity contribution in [2.75, 3.05) is 13.7 Å². The Morgan fingerprint density at radius 2 is 2.06 bits per heavy atom. The number of benzene rings is 1. The Morgan fingerprint density at radius 1 is 1.26 bits per heavy atom. The molecule has 0 aliphatic carbocycles. The van der Waals surface area contributed by atoms with E-state index in [-0.39, 0.29) is 5.97 Å². The van der Waals surface area contributed by atoms with E-state index in [2.05, 4.69) is 47.2 Å². The van der Waals surface area contributed by atoms with E-state index in [1.165, 1.54) is 0 Å². The molecule has 0 aliphatic heterocycles. The van der Waals surface area contributed by atoms with Crippen LogP contribution in [0.3, 0.4) is 0 Å². The molecule has 0 saturated heterocycles. The summed E-state index contributed by atoms with van der Waals surface area (Å²) in [5.41, 5.74) is 5.08. The molecule has 0 atom stereocenters. The molecule has 0 bridgehead atoms. The largest absolute Gasteiger partial charge is 0.466 e. The summed E-state index contributed by atoms with van der Waals surface area (Å²) < 4.78 is 6.97. The number of carbonyl (C=O) groups is 1. The van der Waals surface area contributed by atoms with Crippen LogP contribution in [-0.2, 0) is 16.2 Å². The van der Waals surface area contributed by atoms with Crippen LogP contribution in [0.1, 0.15) is 50.8 Å². The van der Waals surface area contributed by atoms with E-state index in [1.807, 2.05) is 48.9 Å². The minimum atomic E-state index is -0.128. The number of hydrogen-bond acceptors (Lipinski definition) is 4. The molecule has 1 N–H and O–H groups in total. The summed E-state index contributed by atoms with van der Waals surface area (Å²) in [6.07, 6.45) is 16.8. The average molecular weight is 461 g/mol. The molecular formula is C28H36N4O2. The van der Waals surface area contributed by atoms with Gasteiger partial charge >= 0.3 is 5.97 Å². The molecule has 1 aromatic carbocycles. The summed E-state index contributed by atoms with van der Waals surface area (Å²) in [6, 6.07) is 10.2. The first kappa shape index (κ1) is 26.6. The van der Waals surface area contributed by atoms with Crippen molar-refractivity contribution in [1.29, 1.82) is 0 Å². The fourth-order valence-electron chi connectivity index (χ4n) is 3.53. The topological polar surface area (TPSA) is 68.5 Å². The maximum Gasteiger partial charge on any atom is 0.305 e. The monoisotopic (exact) mass is 460 g/mol. The molecule has 6 heteroatoms. The number of carbonyl (C=O) groups excluding carboxylic acids is 1. The SMILES string of the molecule is C=C/C=C\C(=C/C)c1c(/C=C/CCCCC(=O)OCC)c(-c2ccccc2)nn1CNC=NC. The molecule has 180 valence electrons. The van der Waals surface area contributed by atoms with Crippen LogP contribution >= 0.6 is 0 Å². The van der Waals surface area contributed by atoms with Gasteiger partial charge in [-0.15, -0.1) is 0 Å². The number of allylic oxidation sites excluding steroid dienone is 6. The summed E-state index contributed by atoms with van der Waals surface area (Å²) in [4.78, 5) is 15.6. The molecule has 1 heterocycles. The number of rotatable bonds is 14. The van der Waals surface area contributed by atoms with Gasteiger partial charge in [0.1, 0.15) is 12.4 Å². The van der Waals surface area contributed by atoms with Crippen LogP contribution < -0.4 is 5.32 Å². The molecule has 6 nitrogen and oxygen atoms in total. The van der Waals surface area contributed by atoms with Gasteiger partial charge in [-0.25, -0.2) is 4.68 Å². The van der Waals surface area contributed by atoms with Gasteiger partial charge in [0, 0.05) is 24.6 Å². The van der Waals surface area contributed by atoms with Gasteiger partial charge in [-0.3, -0.25) is 9.79 Å². The van der Waals surface area contributed by atoms with Gasteiger partial charge in [0.2, 0.25) is 0 Å². The zero-order valence-corrected chi connectivity index (χ0v) is 20.5. The highest BCUT2D eigenvalue weighted by atomic mass is 16.5. The Balaban J connectivity index is 2.41. The molecule has 0 amide bonds. The maximum atomic E-state index is 11.6. The maximum absolute atomic E-state index is 11.6. The van der Waals surface area contributed by atoms with Gasteiger partial charge in [-0.1, -0.05) is 73.4 Å². The Labute approximate surface area is 203 Å². The number of aromatic nitrogens is 2. The number of esters is 1. The van der Waals surface area contributed by atoms with Crippen molar-refractivity contribution in [3.63, 3.8) is 0 Å². The molecule has 2 rings (SSSR count). The average Bonchev–Trinajstić information content (AvgIpc) is 3.21. The van der Waals surface area contributed by atoms with Gasteiger partial charge in [0.15, 0.2) is 0 Å². The van der Waals surface area contributed by atoms with Crippen LogP contribution in [0.4, 0.5) is 0 Å². The van der Waals surface area contributed by atoms with Crippen LogP contribution in [-0.4, -0.2) is 35.7 Å². The third-order valence-corrected chi connectivity index (χ3v) is 5.09. The highest BCUT2D eigenvalue weighted by Crippen LogP contribution is 2.32. The van der Waals surface area contributed by atoms with Gasteiger partial charge in [0.25, 0.3) is 0 Å². The molecule has 34 heavy (non-hydrogen) atoms. The van der Waals surface area contributed by atoms with E-state index in [9.17, 15) is 4.79 Å². The number of ether oxygens (including phenoxy) is 1. The fraction of sp³-hybridized carbons (Fsp3) is 0.321. The van der Waals surface area contributed by atoms with Crippen molar-refractivity contribution in [3.05, 3.63) is 78.5 Å². The summed E-state index contributed by atoms with van der Waals surface area (Å²) in [5, 5.41) is 8.16. The number of hydrogen-bond donors (Lipinski definition) is 1. The highest BCUT2D eigenvalue weighted by molar-refractivity contribution is 5.85. The lowest BCUT2D eigenvalue weighted by atomic mass is 10.00. The predicted octanol–water partition coefficient (Wildman–Crippen LogP) is 6.04. The van der Waals surface area contributed by atoms with Crippen molar-refractivity contribution in [3.8, 4) is 11.3 Å². The summed E-state index contributed by atoms with van der Waals surface area (Å²) >= 11 is 0. The third kappa shape index (κ3) is 8.03. The van der Waals surface area contributed by atoms with E-state index in [4.69, 9.17) is 9.84 Å². The lowest BCUT2D eigenvalue weighted by Crippen LogP contribution is -2.19. The number of nitrogens with zero attached hydrogens (tertiary/aromatic N) is 3. The van der Waals surface area contributed by atoms with Crippen LogP contribution in [0, 0.1) is 0 Å². The fourth-order valence-corrected chi connectivity index (χ4v) is 3.53. The number of unbranched alkanes of at least 4 members (excludes halogenated alkanes) is 2. The first-order valence-electron chi connectivity index (χ1n) is 11.7. The zero-order valence-electron chi connectivity index (χ0n) is 20.5. The molecule has 0 aliphatic rings. The molecule has 0 saturated carbocycles. The number of nitrogens with one attached hydrogen (secondary N) is 1. The summed E-state index contributed by atoms with van der Waals surface area (Å²) in [6.45, 7) is 8.57. The first-order valence-corrected chi connectivity index (χ1v) is 11.7. The Kier molecular flexibility index (Phi) is 11.9. The third-order valence-electron chi connectivity index (χ3n) is 5.09. The second-order valence-electron chi connectivity index (χ2n) is 7.52. The van der Waals surface area contributed by atoms with Crippen LogP contribution in [0.5, 0.6) is 0 Å². The summed E-state index contributed by atoms with van der Waals surface area (Å²) in [7, 11) is 1.73. The molecule has 2 aromatic rings. The number of aliphatic imine (C=N–C) groups is 1. The Morgan fingerprint density at radius 3 is 2.74 bits per heavy atom. The molecule has 1 aromatic heterocycles. The van der Waals surface area contributed by atoms with E-state index in [0.29, 0.717) is 19.7 Å². The van der Waals surface area contributed by atoms with E-state index >= 15 is 0 Å². The van der Waals surface area contributed by atoms with E-state index in [1.54, 1.807) is 19.5 Å². The first-order chi connectivity index (χ1) is 16.7. The van der Waals surface area contributed by atoms with E-state index < -0.39 is 0 Å². The second-order valence-corrected chi connectivity index (χ2v) is 7.52. The normalized spacial score (nSPS) is 12.1. The molecule has 0 fully saturated rings. The molecular weight excluding hydrogens is 424 g/mol. The zero-order chi connectivity index (χ0) is 24.6. The van der Waals surface area contributed by atoms with Crippen molar-refractivity contribution < 1.29 is 9.53 Å². The van der Waals surface area contributed by atoms with Crippen LogP contribution in [0.2, 0.25) is 0 Å². The van der Waals surface area contributed by atoms with Gasteiger partial charge in [0.05, 0.1) is 18.6 Å². The van der Waals surface area contributed by atoms with E-state index in [0.717, 1.165) is 47.4 Å². The quantitative estimate of drug-likeness (QED) is 0.123. The van der Waals surface area contributed by atoms with Crippen molar-refractivity contribution in [1.82, 2.24) is 15.1 Å². The standard InChI is InChI=1S/C28H36N4O2/c1-5-8-16-23(6-2)28-25(19-14-9-10-15-20-26(33)34-7-3)27(24-17-12-11-13-18-24)31-32(28)22-30-21-29-4/h5-6,8,11-14,16-19,21H,1,7,9-10,15,20,22H2,2-4H3,(H,29,30)/b16-8-,19-14+,23-6+. The van der Waals surface area contributed by atoms with Gasteiger partial charge in [-0.2, -0.15) is 5.10 Å². The molecule has 0 radical (unpaired) electrons. The highest BCUT2D eigenvalue weighted by Gasteiger charge is 2.19. The lowest BCUT2D eigenvalue weighted by molar-refractivity contribution is -0.143. The summed E-state index contributed by atoms with van der Waals surface area (Å²) in [5.74, 6) is -0.128. The molecule has 0 unspecified atom stereocenters. The second kappa shape index (κ2) is 15.2. The minimum absolute atomic E-state index is 0.128. The lowest BCUT2D eigenvalue weighted by Gasteiger charge is -2.09. The Hall–Kier alpha value is -3.67. The van der Waals surface area contributed by atoms with Crippen molar-refractivity contribution >= 4 is 24.0 Å². The van der Waals surface area contributed by atoms with Crippen molar-refractivity contribution in [2.45, 2.75) is 46.2 Å². The van der Waals surface area contributed by atoms with Gasteiger partial charge in [-0.05, 0) is 38.7 Å². The smallest absolute Gasteiger partial charge is 0.305 e. The van der Waals surface area contributed by atoms with Crippen molar-refractivity contribution in [2.24, 2.45) is 4.99 Å². The predicted molar refractivity (Wildman–Crippen MR) is 142 cm³/mol. The van der Waals surface area contributed by atoms with Crippen LogP contribution in [0.25, 0.3) is 22.9 Å². The Bertz CT molecular complexity index is 1030. The minimum Gasteiger partial charge on any atom is -0.466 e.